The number of carbonyl (C=O) groups excluding carboxylic acids is 1. The number of aliphatic carboxylic acids is 1. The van der Waals surface area contributed by atoms with E-state index < -0.39 is 62.4 Å². The summed E-state index contributed by atoms with van der Waals surface area (Å²) in [7, 11) is -4.72. The van der Waals surface area contributed by atoms with Crippen LogP contribution < -0.4 is 10.8 Å². The van der Waals surface area contributed by atoms with Crippen molar-refractivity contribution in [3.8, 4) is 12.3 Å². The summed E-state index contributed by atoms with van der Waals surface area (Å²) < 4.78 is 52.1. The van der Waals surface area contributed by atoms with Crippen molar-refractivity contribution in [3.63, 3.8) is 0 Å². The normalized spacial score (nSPS) is 21.5. The Morgan fingerprint density at radius 1 is 1.24 bits per heavy atom. The fourth-order valence-corrected chi connectivity index (χ4v) is 6.92. The van der Waals surface area contributed by atoms with E-state index in [4.69, 9.17) is 30.7 Å². The molecule has 6 atom stereocenters. The Bertz CT molecular complexity index is 1670. The van der Waals surface area contributed by atoms with Crippen molar-refractivity contribution >= 4 is 36.7 Å². The summed E-state index contributed by atoms with van der Waals surface area (Å²) in [5, 5.41) is 23.5. The summed E-state index contributed by atoms with van der Waals surface area (Å²) in [6, 6.07) is 7.06. The molecule has 3 heterocycles. The first-order valence-corrected chi connectivity index (χ1v) is 17.6. The molecule has 1 aliphatic rings. The number of ether oxygens (including phenoxy) is 2. The molecule has 1 fully saturated rings. The van der Waals surface area contributed by atoms with Crippen LogP contribution in [0.25, 0.3) is 11.2 Å². The van der Waals surface area contributed by atoms with Gasteiger partial charge in [-0.05, 0) is 25.3 Å². The molecule has 0 bridgehead atoms. The molecule has 3 aromatic rings. The molecule has 0 spiro atoms. The van der Waals surface area contributed by atoms with Crippen molar-refractivity contribution in [2.24, 2.45) is 0 Å². The van der Waals surface area contributed by atoms with E-state index in [1.54, 1.807) is 30.3 Å². The Balaban J connectivity index is 1.51. The number of carbonyl (C=O) groups is 2. The zero-order chi connectivity index (χ0) is 35.6. The van der Waals surface area contributed by atoms with Gasteiger partial charge in [-0.15, -0.1) is 6.42 Å². The minimum atomic E-state index is -4.72. The number of terminal acetylenes is 1. The third-order valence-electron chi connectivity index (χ3n) is 8.00. The summed E-state index contributed by atoms with van der Waals surface area (Å²) in [5.74, 6) is -0.0882. The van der Waals surface area contributed by atoms with Gasteiger partial charge in [0.1, 0.15) is 25.0 Å². The molecule has 0 radical (unpaired) electrons. The Morgan fingerprint density at radius 2 is 1.96 bits per heavy atom. The molecule has 4 rings (SSSR count). The molecule has 17 heteroatoms. The van der Waals surface area contributed by atoms with Crippen molar-refractivity contribution in [3.05, 3.63) is 48.3 Å². The number of anilines is 1. The van der Waals surface area contributed by atoms with Gasteiger partial charge in [-0.1, -0.05) is 75.3 Å². The standard InChI is InChI=1S/C32H42FN6O9P/c1-4-6-7-8-9-13-16-45-30(43)21(3)48-49(44,38-23(29(41)42)17-22-14-11-10-12-15-22)46-19-32(5-2)24(40)18-25(47-32)39-20-35-26-27(34)36-31(33)37-28(26)39/h2,10-12,14-15,20-21,23-25,40H,4,6-9,13,16-19H2,1,3H3,(H,38,44)(H,41,42)(H2,34,36,37)/t21-,23-,24-,25+,32+,49?/m0/s1. The first kappa shape index (κ1) is 37.8. The highest BCUT2D eigenvalue weighted by atomic mass is 31.2. The molecule has 1 saturated heterocycles. The van der Waals surface area contributed by atoms with Gasteiger partial charge in [0.25, 0.3) is 0 Å². The number of imidazole rings is 1. The molecule has 1 unspecified atom stereocenters. The number of rotatable bonds is 19. The minimum Gasteiger partial charge on any atom is -0.480 e. The highest BCUT2D eigenvalue weighted by molar-refractivity contribution is 7.51. The number of benzene rings is 1. The first-order valence-electron chi connectivity index (χ1n) is 16.0. The van der Waals surface area contributed by atoms with Gasteiger partial charge >= 0.3 is 25.8 Å². The number of aliphatic hydroxyl groups is 1. The predicted octanol–water partition coefficient (Wildman–Crippen LogP) is 3.92. The predicted molar refractivity (Wildman–Crippen MR) is 175 cm³/mol. The molecule has 2 aromatic heterocycles. The van der Waals surface area contributed by atoms with E-state index in [0.29, 0.717) is 12.0 Å². The van der Waals surface area contributed by atoms with Crippen molar-refractivity contribution in [2.75, 3.05) is 18.9 Å². The van der Waals surface area contributed by atoms with Gasteiger partial charge in [0.15, 0.2) is 28.7 Å². The summed E-state index contributed by atoms with van der Waals surface area (Å²) >= 11 is 0. The van der Waals surface area contributed by atoms with Crippen LogP contribution in [-0.2, 0) is 39.1 Å². The molecule has 266 valence electrons. The fraction of sp³-hybridized carbons (Fsp3) is 0.531. The maximum Gasteiger partial charge on any atom is 0.407 e. The average Bonchev–Trinajstić information content (AvgIpc) is 3.64. The minimum absolute atomic E-state index is 0.0230. The second kappa shape index (κ2) is 17.1. The van der Waals surface area contributed by atoms with E-state index in [9.17, 15) is 28.8 Å². The number of hydrogen-bond acceptors (Lipinski definition) is 12. The summed E-state index contributed by atoms with van der Waals surface area (Å²) in [6.45, 7) is 2.75. The summed E-state index contributed by atoms with van der Waals surface area (Å²) in [6.07, 6.45) is 7.56. The number of nitrogen functional groups attached to an aromatic ring is 1. The number of halogens is 1. The highest BCUT2D eigenvalue weighted by Gasteiger charge is 2.50. The number of aromatic nitrogens is 4. The lowest BCUT2D eigenvalue weighted by molar-refractivity contribution is -0.152. The molecule has 15 nitrogen and oxygen atoms in total. The van der Waals surface area contributed by atoms with Crippen molar-refractivity contribution in [2.45, 2.75) is 95.3 Å². The van der Waals surface area contributed by atoms with Gasteiger partial charge in [-0.3, -0.25) is 18.4 Å². The number of fused-ring (bicyclic) bond motifs is 1. The average molecular weight is 705 g/mol. The number of carboxylic acid groups (broad SMARTS) is 1. The van der Waals surface area contributed by atoms with Crippen LogP contribution >= 0.6 is 7.75 Å². The number of esters is 1. The van der Waals surface area contributed by atoms with Gasteiger partial charge < -0.3 is 25.4 Å². The third kappa shape index (κ3) is 9.81. The van der Waals surface area contributed by atoms with Gasteiger partial charge in [-0.2, -0.15) is 14.4 Å². The van der Waals surface area contributed by atoms with Crippen LogP contribution in [0.15, 0.2) is 36.7 Å². The number of aliphatic hydroxyl groups excluding tert-OH is 1. The number of nitrogens with two attached hydrogens (primary N) is 1. The second-order valence-corrected chi connectivity index (χ2v) is 13.4. The van der Waals surface area contributed by atoms with E-state index in [1.165, 1.54) is 17.8 Å². The van der Waals surface area contributed by atoms with Crippen molar-refractivity contribution < 1.29 is 47.3 Å². The van der Waals surface area contributed by atoms with Gasteiger partial charge in [0.2, 0.25) is 0 Å². The van der Waals surface area contributed by atoms with Gasteiger partial charge in [0, 0.05) is 6.42 Å². The van der Waals surface area contributed by atoms with E-state index in [2.05, 4.69) is 32.9 Å². The zero-order valence-electron chi connectivity index (χ0n) is 27.4. The van der Waals surface area contributed by atoms with Crippen LogP contribution in [0, 0.1) is 18.4 Å². The Kier molecular flexibility index (Phi) is 13.2. The maximum atomic E-state index is 14.3. The molecule has 1 aromatic carbocycles. The molecule has 0 saturated carbocycles. The van der Waals surface area contributed by atoms with E-state index in [1.807, 2.05) is 0 Å². The molecule has 0 amide bonds. The molecule has 0 aliphatic carbocycles. The van der Waals surface area contributed by atoms with Crippen molar-refractivity contribution in [1.29, 1.82) is 0 Å². The summed E-state index contributed by atoms with van der Waals surface area (Å²) in [4.78, 5) is 36.4. The molecular formula is C32H42FN6O9P. The molecule has 1 aliphatic heterocycles. The SMILES string of the molecule is C#C[C@]1(COP(=O)(N[C@@H](Cc2ccccc2)C(=O)O)O[C@@H](C)C(=O)OCCCCCCCC)O[C@@H](n2cnc3c(N)nc(F)nc32)C[C@@H]1O. The van der Waals surface area contributed by atoms with Crippen LogP contribution in [0.2, 0.25) is 0 Å². The van der Waals surface area contributed by atoms with E-state index >= 15 is 0 Å². The lowest BCUT2D eigenvalue weighted by atomic mass is 9.99. The lowest BCUT2D eigenvalue weighted by Crippen LogP contribution is -2.44. The fourth-order valence-electron chi connectivity index (χ4n) is 5.28. The van der Waals surface area contributed by atoms with Crippen LogP contribution in [0.3, 0.4) is 0 Å². The van der Waals surface area contributed by atoms with Crippen LogP contribution in [0.5, 0.6) is 0 Å². The molecular weight excluding hydrogens is 662 g/mol. The quantitative estimate of drug-likeness (QED) is 0.0458. The topological polar surface area (TPSA) is 210 Å². The Labute approximate surface area is 283 Å². The lowest BCUT2D eigenvalue weighted by Gasteiger charge is -2.30. The largest absolute Gasteiger partial charge is 0.480 e. The third-order valence-corrected chi connectivity index (χ3v) is 9.69. The van der Waals surface area contributed by atoms with E-state index in [0.717, 1.165) is 32.1 Å². The van der Waals surface area contributed by atoms with Crippen LogP contribution in [0.4, 0.5) is 10.2 Å². The van der Waals surface area contributed by atoms with Crippen LogP contribution in [-0.4, -0.2) is 78.7 Å². The molecule has 5 N–H and O–H groups in total. The maximum absolute atomic E-state index is 14.3. The van der Waals surface area contributed by atoms with Crippen LogP contribution in [0.1, 0.15) is 70.6 Å². The number of nitrogens with one attached hydrogen (secondary N) is 1. The van der Waals surface area contributed by atoms with Gasteiger partial charge in [-0.25, -0.2) is 19.4 Å². The smallest absolute Gasteiger partial charge is 0.407 e. The number of unbranched alkanes of at least 4 members (excludes halogenated alkanes) is 5. The zero-order valence-corrected chi connectivity index (χ0v) is 28.3. The number of hydrogen-bond donors (Lipinski definition) is 4. The number of nitrogens with zero attached hydrogens (tertiary/aromatic N) is 4. The highest BCUT2D eigenvalue weighted by Crippen LogP contribution is 2.49. The number of carboxylic acids is 1. The van der Waals surface area contributed by atoms with Gasteiger partial charge in [0.05, 0.1) is 12.9 Å². The Hall–Kier alpha value is -3.97. The van der Waals surface area contributed by atoms with E-state index in [-0.39, 0.29) is 36.4 Å². The van der Waals surface area contributed by atoms with Crippen molar-refractivity contribution in [1.82, 2.24) is 24.6 Å². The summed E-state index contributed by atoms with van der Waals surface area (Å²) in [5.41, 5.74) is 4.47. The first-order chi connectivity index (χ1) is 23.4. The Morgan fingerprint density at radius 3 is 2.65 bits per heavy atom. The second-order valence-electron chi connectivity index (χ2n) is 11.7. The molecule has 49 heavy (non-hydrogen) atoms. The monoisotopic (exact) mass is 704 g/mol.